The van der Waals surface area contributed by atoms with Gasteiger partial charge >= 0.3 is 12.2 Å². The zero-order valence-corrected chi connectivity index (χ0v) is 18.2. The number of aliphatic hydroxyl groups is 1. The predicted octanol–water partition coefficient (Wildman–Crippen LogP) is 2.11. The summed E-state index contributed by atoms with van der Waals surface area (Å²) in [5.74, 6) is 0.284. The number of carbonyl (C=O) groups excluding carboxylic acids is 1. The Morgan fingerprint density at radius 1 is 1.30 bits per heavy atom. The van der Waals surface area contributed by atoms with Crippen LogP contribution in [0, 0.1) is 0 Å². The first-order valence-corrected chi connectivity index (χ1v) is 10.9. The van der Waals surface area contributed by atoms with Crippen LogP contribution in [0.5, 0.6) is 0 Å². The Kier molecular flexibility index (Phi) is 6.71. The minimum Gasteiger partial charge on any atom is -0.394 e. The molecule has 2 aromatic rings. The van der Waals surface area contributed by atoms with Crippen molar-refractivity contribution in [3.8, 4) is 0 Å². The molecule has 2 amide bonds. The topological polar surface area (TPSA) is 102 Å². The van der Waals surface area contributed by atoms with Gasteiger partial charge < -0.3 is 26.0 Å². The summed E-state index contributed by atoms with van der Waals surface area (Å²) in [4.78, 5) is 23.4. The Bertz CT molecular complexity index is 985. The highest BCUT2D eigenvalue weighted by molar-refractivity contribution is 5.75. The number of benzene rings is 1. The molecule has 4 N–H and O–H groups in total. The van der Waals surface area contributed by atoms with Crippen LogP contribution in [-0.4, -0.2) is 64.3 Å². The van der Waals surface area contributed by atoms with Gasteiger partial charge in [-0.1, -0.05) is 12.1 Å². The third-order valence-corrected chi connectivity index (χ3v) is 6.07. The lowest BCUT2D eigenvalue weighted by molar-refractivity contribution is -0.137. The average molecular weight is 464 g/mol. The maximum Gasteiger partial charge on any atom is 0.416 e. The molecule has 0 bridgehead atoms. The first-order valence-electron chi connectivity index (χ1n) is 10.9. The van der Waals surface area contributed by atoms with Crippen LogP contribution >= 0.6 is 0 Å². The van der Waals surface area contributed by atoms with Crippen LogP contribution in [-0.2, 0) is 19.1 Å². The van der Waals surface area contributed by atoms with Crippen molar-refractivity contribution in [2.24, 2.45) is 0 Å². The lowest BCUT2D eigenvalue weighted by Gasteiger charge is -2.30. The van der Waals surface area contributed by atoms with Crippen LogP contribution in [0.1, 0.15) is 35.2 Å². The molecule has 2 aliphatic rings. The molecule has 1 aromatic heterocycles. The fourth-order valence-corrected chi connectivity index (χ4v) is 4.16. The summed E-state index contributed by atoms with van der Waals surface area (Å²) >= 11 is 0. The fraction of sp³-hybridized carbons (Fsp3) is 0.500. The van der Waals surface area contributed by atoms with Gasteiger partial charge in [0.05, 0.1) is 30.5 Å². The summed E-state index contributed by atoms with van der Waals surface area (Å²) in [6.45, 7) is 3.72. The Hall–Kier alpha value is -2.92. The molecular formula is C22H27F3N6O2. The lowest BCUT2D eigenvalue weighted by atomic mass is 9.93. The summed E-state index contributed by atoms with van der Waals surface area (Å²) in [6, 6.07) is 4.47. The van der Waals surface area contributed by atoms with Gasteiger partial charge in [-0.15, -0.1) is 0 Å². The summed E-state index contributed by atoms with van der Waals surface area (Å²) < 4.78 is 38.6. The molecule has 2 aliphatic heterocycles. The Balaban J connectivity index is 1.40. The number of carbonyl (C=O) groups is 1. The molecule has 0 radical (unpaired) electrons. The van der Waals surface area contributed by atoms with Crippen LogP contribution in [0.4, 0.5) is 23.9 Å². The molecule has 3 heterocycles. The average Bonchev–Trinajstić information content (AvgIpc) is 3.26. The highest BCUT2D eigenvalue weighted by Crippen LogP contribution is 2.31. The number of rotatable bonds is 5. The number of fused-ring (bicyclic) bond motifs is 1. The zero-order chi connectivity index (χ0) is 23.6. The van der Waals surface area contributed by atoms with E-state index in [0.717, 1.165) is 29.0 Å². The Labute approximate surface area is 189 Å². The van der Waals surface area contributed by atoms with Crippen molar-refractivity contribution in [3.05, 3.63) is 52.8 Å². The van der Waals surface area contributed by atoms with Crippen LogP contribution in [0.25, 0.3) is 0 Å². The number of urea groups is 1. The molecule has 0 aliphatic carbocycles. The molecule has 178 valence electrons. The van der Waals surface area contributed by atoms with Gasteiger partial charge in [0.2, 0.25) is 5.95 Å². The molecule has 33 heavy (non-hydrogen) atoms. The molecule has 8 nitrogen and oxygen atoms in total. The second kappa shape index (κ2) is 9.52. The number of aromatic nitrogens is 2. The molecule has 1 saturated heterocycles. The first-order chi connectivity index (χ1) is 15.7. The van der Waals surface area contributed by atoms with Crippen molar-refractivity contribution < 1.29 is 23.1 Å². The maximum absolute atomic E-state index is 13.0. The number of hydrogen-bond donors (Lipinski definition) is 4. The predicted molar refractivity (Wildman–Crippen MR) is 116 cm³/mol. The van der Waals surface area contributed by atoms with E-state index in [1.54, 1.807) is 11.1 Å². The van der Waals surface area contributed by atoms with E-state index >= 15 is 0 Å². The van der Waals surface area contributed by atoms with Crippen LogP contribution in [0.2, 0.25) is 0 Å². The smallest absolute Gasteiger partial charge is 0.394 e. The van der Waals surface area contributed by atoms with Gasteiger partial charge in [0.1, 0.15) is 0 Å². The van der Waals surface area contributed by atoms with Crippen molar-refractivity contribution in [1.29, 1.82) is 0 Å². The monoisotopic (exact) mass is 464 g/mol. The molecule has 1 fully saturated rings. The minimum atomic E-state index is -4.38. The van der Waals surface area contributed by atoms with Crippen LogP contribution < -0.4 is 16.0 Å². The SMILES string of the molecule is C[C@@H](CO)Nc1ncc2c(n1)CN(C(=O)N[C@@H]1CNC[C@H]1c1ccc(C(F)(F)F)cc1)CC2. The highest BCUT2D eigenvalue weighted by Gasteiger charge is 2.34. The number of aliphatic hydroxyl groups excluding tert-OH is 1. The van der Waals surface area contributed by atoms with Gasteiger partial charge in [0, 0.05) is 37.8 Å². The van der Waals surface area contributed by atoms with E-state index < -0.39 is 11.7 Å². The van der Waals surface area contributed by atoms with E-state index in [9.17, 15) is 23.1 Å². The summed E-state index contributed by atoms with van der Waals surface area (Å²) in [5, 5.41) is 18.5. The molecule has 1 aromatic carbocycles. The second-order valence-corrected chi connectivity index (χ2v) is 8.51. The molecule has 3 atom stereocenters. The molecule has 4 rings (SSSR count). The van der Waals surface area contributed by atoms with E-state index in [1.165, 1.54) is 12.1 Å². The molecule has 0 unspecified atom stereocenters. The van der Waals surface area contributed by atoms with E-state index in [0.29, 0.717) is 38.5 Å². The van der Waals surface area contributed by atoms with Crippen molar-refractivity contribution in [3.63, 3.8) is 0 Å². The zero-order valence-electron chi connectivity index (χ0n) is 18.2. The number of nitrogens with one attached hydrogen (secondary N) is 3. The van der Waals surface area contributed by atoms with Gasteiger partial charge in [0.25, 0.3) is 0 Å². The van der Waals surface area contributed by atoms with Gasteiger partial charge in [0.15, 0.2) is 0 Å². The quantitative estimate of drug-likeness (QED) is 0.541. The van der Waals surface area contributed by atoms with Crippen molar-refractivity contribution in [2.75, 3.05) is 31.6 Å². The van der Waals surface area contributed by atoms with Crippen molar-refractivity contribution >= 4 is 12.0 Å². The number of anilines is 1. The number of alkyl halides is 3. The highest BCUT2D eigenvalue weighted by atomic mass is 19.4. The van der Waals surface area contributed by atoms with Crippen LogP contribution in [0.15, 0.2) is 30.5 Å². The third-order valence-electron chi connectivity index (χ3n) is 6.07. The van der Waals surface area contributed by atoms with Crippen LogP contribution in [0.3, 0.4) is 0 Å². The summed E-state index contributed by atoms with van der Waals surface area (Å²) in [5.41, 5.74) is 1.80. The van der Waals surface area contributed by atoms with Gasteiger partial charge in [-0.3, -0.25) is 0 Å². The largest absolute Gasteiger partial charge is 0.416 e. The standard InChI is InChI=1S/C22H27F3N6O2/c1-13(12-32)28-20-27-8-15-6-7-31(11-19(15)29-20)21(33)30-18-10-26-9-17(18)14-2-4-16(5-3-14)22(23,24)25/h2-5,8,13,17-18,26,32H,6-7,9-12H2,1H3,(H,30,33)(H,27,28,29)/t13-,17-,18+/m0/s1. The van der Waals surface area contributed by atoms with E-state index in [2.05, 4.69) is 25.9 Å². The normalized spacial score (nSPS) is 21.4. The van der Waals surface area contributed by atoms with E-state index in [4.69, 9.17) is 0 Å². The fourth-order valence-electron chi connectivity index (χ4n) is 4.16. The second-order valence-electron chi connectivity index (χ2n) is 8.51. The summed E-state index contributed by atoms with van der Waals surface area (Å²) in [6.07, 6.45) is -2.00. The first kappa shape index (κ1) is 23.2. The molecule has 0 spiro atoms. The van der Waals surface area contributed by atoms with Gasteiger partial charge in [-0.05, 0) is 36.6 Å². The lowest BCUT2D eigenvalue weighted by Crippen LogP contribution is -2.48. The Morgan fingerprint density at radius 2 is 2.06 bits per heavy atom. The van der Waals surface area contributed by atoms with E-state index in [1.807, 2.05) is 6.92 Å². The Morgan fingerprint density at radius 3 is 2.76 bits per heavy atom. The third kappa shape index (κ3) is 5.36. The number of halogens is 3. The number of nitrogens with zero attached hydrogens (tertiary/aromatic N) is 3. The van der Waals surface area contributed by atoms with Crippen molar-refractivity contribution in [1.82, 2.24) is 25.5 Å². The number of amides is 2. The number of hydrogen-bond acceptors (Lipinski definition) is 6. The molecule has 0 saturated carbocycles. The van der Waals surface area contributed by atoms with Crippen molar-refractivity contribution in [2.45, 2.75) is 44.1 Å². The molecular weight excluding hydrogens is 437 g/mol. The molecule has 11 heteroatoms. The van der Waals surface area contributed by atoms with E-state index in [-0.39, 0.29) is 30.6 Å². The summed E-state index contributed by atoms with van der Waals surface area (Å²) in [7, 11) is 0. The van der Waals surface area contributed by atoms with Gasteiger partial charge in [-0.25, -0.2) is 14.8 Å². The minimum absolute atomic E-state index is 0.0511. The van der Waals surface area contributed by atoms with Gasteiger partial charge in [-0.2, -0.15) is 13.2 Å². The maximum atomic E-state index is 13.0.